The van der Waals surface area contributed by atoms with Crippen LogP contribution in [-0.2, 0) is 0 Å². The van der Waals surface area contributed by atoms with Gasteiger partial charge in [0.15, 0.2) is 0 Å². The first-order chi connectivity index (χ1) is 10.1. The predicted octanol–water partition coefficient (Wildman–Crippen LogP) is 4.58. The molecule has 0 radical (unpaired) electrons. The lowest BCUT2D eigenvalue weighted by atomic mass is 10.1. The Morgan fingerprint density at radius 2 is 1.81 bits per heavy atom. The number of benzene rings is 2. The van der Waals surface area contributed by atoms with E-state index < -0.39 is 0 Å². The summed E-state index contributed by atoms with van der Waals surface area (Å²) in [5.41, 5.74) is 2.17. The molecular weight excluding hydrogens is 330 g/mol. The van der Waals surface area contributed by atoms with E-state index in [4.69, 9.17) is 0 Å². The summed E-state index contributed by atoms with van der Waals surface area (Å²) in [6.45, 7) is 0. The number of rotatable bonds is 2. The monoisotopic (exact) mass is 341 g/mol. The van der Waals surface area contributed by atoms with E-state index in [1.165, 1.54) is 0 Å². The number of hydrogen-bond donors (Lipinski definition) is 2. The molecule has 0 saturated carbocycles. The first-order valence-corrected chi connectivity index (χ1v) is 7.18. The summed E-state index contributed by atoms with van der Waals surface area (Å²) in [4.78, 5) is 4.43. The quantitative estimate of drug-likeness (QED) is 0.717. The topological polar surface area (TPSA) is 53.4 Å². The average molecular weight is 342 g/mol. The fourth-order valence-electron chi connectivity index (χ4n) is 2.07. The van der Waals surface area contributed by atoms with E-state index in [0.717, 1.165) is 21.1 Å². The maximum atomic E-state index is 9.83. The highest BCUT2D eigenvalue weighted by molar-refractivity contribution is 9.10. The van der Waals surface area contributed by atoms with Gasteiger partial charge in [0.25, 0.3) is 0 Å². The van der Waals surface area contributed by atoms with Gasteiger partial charge >= 0.3 is 0 Å². The maximum absolute atomic E-state index is 9.83. The minimum Gasteiger partial charge on any atom is -0.508 e. The van der Waals surface area contributed by atoms with Crippen molar-refractivity contribution in [1.29, 1.82) is 0 Å². The summed E-state index contributed by atoms with van der Waals surface area (Å²) in [6, 6.07) is 14.2. The number of hydrogen-bond acceptors (Lipinski definition) is 3. The molecule has 3 nitrogen and oxygen atoms in total. The summed E-state index contributed by atoms with van der Waals surface area (Å²) in [6.07, 6.45) is 3.70. The summed E-state index contributed by atoms with van der Waals surface area (Å²) in [5.74, 6) is 0.378. The van der Waals surface area contributed by atoms with Crippen molar-refractivity contribution < 1.29 is 10.2 Å². The minimum atomic E-state index is 0.168. The molecule has 21 heavy (non-hydrogen) atoms. The van der Waals surface area contributed by atoms with E-state index in [-0.39, 0.29) is 11.5 Å². The summed E-state index contributed by atoms with van der Waals surface area (Å²) >= 11 is 3.43. The molecule has 0 amide bonds. The normalized spacial score (nSPS) is 11.3. The number of para-hydroxylation sites is 1. The van der Waals surface area contributed by atoms with Gasteiger partial charge in [-0.15, -0.1) is 0 Å². The van der Waals surface area contributed by atoms with Crippen molar-refractivity contribution in [3.63, 3.8) is 0 Å². The number of phenols is 2. The Labute approximate surface area is 130 Å². The van der Waals surface area contributed by atoms with Gasteiger partial charge in [0.2, 0.25) is 0 Å². The Morgan fingerprint density at radius 3 is 2.67 bits per heavy atom. The Balaban J connectivity index is 1.99. The van der Waals surface area contributed by atoms with Gasteiger partial charge in [0, 0.05) is 9.86 Å². The third-order valence-corrected chi connectivity index (χ3v) is 3.86. The highest BCUT2D eigenvalue weighted by atomic mass is 79.9. The van der Waals surface area contributed by atoms with Crippen LogP contribution >= 0.6 is 15.9 Å². The number of phenolic OH excluding ortho intramolecular Hbond substituents is 2. The Morgan fingerprint density at radius 1 is 0.952 bits per heavy atom. The van der Waals surface area contributed by atoms with Gasteiger partial charge in [0.05, 0.1) is 5.69 Å². The average Bonchev–Trinajstić information content (AvgIpc) is 2.49. The fraction of sp³-hybridized carbons (Fsp3) is 0. The maximum Gasteiger partial charge on any atom is 0.141 e. The van der Waals surface area contributed by atoms with Crippen LogP contribution in [0.4, 0.5) is 0 Å². The van der Waals surface area contributed by atoms with Gasteiger partial charge in [-0.25, -0.2) is 4.98 Å². The molecule has 104 valence electrons. The second kappa shape index (κ2) is 5.58. The third-order valence-electron chi connectivity index (χ3n) is 3.13. The summed E-state index contributed by atoms with van der Waals surface area (Å²) < 4.78 is 0.889. The van der Waals surface area contributed by atoms with E-state index in [2.05, 4.69) is 20.9 Å². The van der Waals surface area contributed by atoms with E-state index in [1.54, 1.807) is 30.3 Å². The van der Waals surface area contributed by atoms with Gasteiger partial charge in [-0.3, -0.25) is 0 Å². The standard InChI is InChI=1S/C17H12BrNO2/c18-15-9-8-14(20)10-12(15)5-7-13-6-4-11-2-1-3-16(21)17(11)19-13/h1-10,20-21H/b7-5+. The van der Waals surface area contributed by atoms with Crippen LogP contribution < -0.4 is 0 Å². The van der Waals surface area contributed by atoms with Crippen LogP contribution in [0.2, 0.25) is 0 Å². The molecular formula is C17H12BrNO2. The zero-order valence-electron chi connectivity index (χ0n) is 11.0. The van der Waals surface area contributed by atoms with E-state index in [9.17, 15) is 10.2 Å². The molecule has 4 heteroatoms. The van der Waals surface area contributed by atoms with Gasteiger partial charge in [0.1, 0.15) is 17.0 Å². The van der Waals surface area contributed by atoms with Crippen molar-refractivity contribution in [2.75, 3.05) is 0 Å². The molecule has 3 rings (SSSR count). The zero-order valence-corrected chi connectivity index (χ0v) is 12.6. The van der Waals surface area contributed by atoms with Crippen LogP contribution in [0.15, 0.2) is 53.0 Å². The molecule has 0 atom stereocenters. The third kappa shape index (κ3) is 2.90. The highest BCUT2D eigenvalue weighted by Crippen LogP contribution is 2.25. The number of aromatic nitrogens is 1. The summed E-state index contributed by atoms with van der Waals surface area (Å²) in [5, 5.41) is 20.2. The summed E-state index contributed by atoms with van der Waals surface area (Å²) in [7, 11) is 0. The van der Waals surface area contributed by atoms with Crippen LogP contribution in [-0.4, -0.2) is 15.2 Å². The molecule has 0 aliphatic heterocycles. The molecule has 0 unspecified atom stereocenters. The van der Waals surface area contributed by atoms with E-state index in [0.29, 0.717) is 5.52 Å². The lowest BCUT2D eigenvalue weighted by Crippen LogP contribution is -1.84. The SMILES string of the molecule is Oc1ccc(Br)c(/C=C/c2ccc3cccc(O)c3n2)c1. The Hall–Kier alpha value is -2.33. The van der Waals surface area contributed by atoms with Gasteiger partial charge < -0.3 is 10.2 Å². The van der Waals surface area contributed by atoms with Crippen LogP contribution in [0.5, 0.6) is 11.5 Å². The molecule has 0 fully saturated rings. The highest BCUT2D eigenvalue weighted by Gasteiger charge is 2.02. The lowest BCUT2D eigenvalue weighted by molar-refractivity contribution is 0.475. The second-order valence-corrected chi connectivity index (χ2v) is 5.48. The van der Waals surface area contributed by atoms with Crippen LogP contribution in [0.3, 0.4) is 0 Å². The first-order valence-electron chi connectivity index (χ1n) is 6.39. The second-order valence-electron chi connectivity index (χ2n) is 4.62. The van der Waals surface area contributed by atoms with E-state index in [1.807, 2.05) is 30.4 Å². The number of aromatic hydroxyl groups is 2. The zero-order chi connectivity index (χ0) is 14.8. The molecule has 0 spiro atoms. The molecule has 1 aromatic heterocycles. The number of pyridine rings is 1. The fourth-order valence-corrected chi connectivity index (χ4v) is 2.45. The number of fused-ring (bicyclic) bond motifs is 1. The first kappa shape index (κ1) is 13.6. The van der Waals surface area contributed by atoms with Crippen LogP contribution in [0.1, 0.15) is 11.3 Å². The van der Waals surface area contributed by atoms with Crippen molar-refractivity contribution in [3.8, 4) is 11.5 Å². The molecule has 1 heterocycles. The molecule has 0 aliphatic rings. The van der Waals surface area contributed by atoms with Gasteiger partial charge in [-0.05, 0) is 42.0 Å². The van der Waals surface area contributed by atoms with Gasteiger partial charge in [-0.1, -0.05) is 40.2 Å². The smallest absolute Gasteiger partial charge is 0.141 e. The molecule has 0 bridgehead atoms. The van der Waals surface area contributed by atoms with Crippen molar-refractivity contribution in [3.05, 3.63) is 64.3 Å². The molecule has 3 aromatic rings. The lowest BCUT2D eigenvalue weighted by Gasteiger charge is -2.02. The van der Waals surface area contributed by atoms with Crippen LogP contribution in [0, 0.1) is 0 Å². The molecule has 0 aliphatic carbocycles. The largest absolute Gasteiger partial charge is 0.508 e. The molecule has 2 aromatic carbocycles. The number of halogens is 1. The predicted molar refractivity (Wildman–Crippen MR) is 88.1 cm³/mol. The minimum absolute atomic E-state index is 0.168. The Kier molecular flexibility index (Phi) is 3.62. The van der Waals surface area contributed by atoms with Crippen molar-refractivity contribution in [1.82, 2.24) is 4.98 Å². The van der Waals surface area contributed by atoms with Crippen molar-refractivity contribution in [2.45, 2.75) is 0 Å². The van der Waals surface area contributed by atoms with Gasteiger partial charge in [-0.2, -0.15) is 0 Å². The molecule has 0 saturated heterocycles. The van der Waals surface area contributed by atoms with Crippen molar-refractivity contribution >= 4 is 39.0 Å². The van der Waals surface area contributed by atoms with Crippen LogP contribution in [0.25, 0.3) is 23.1 Å². The molecule has 2 N–H and O–H groups in total. The number of nitrogens with zero attached hydrogens (tertiary/aromatic N) is 1. The van der Waals surface area contributed by atoms with E-state index >= 15 is 0 Å². The Bertz CT molecular complexity index is 843. The van der Waals surface area contributed by atoms with Crippen molar-refractivity contribution in [2.24, 2.45) is 0 Å².